The molecule has 1 aliphatic carbocycles. The van der Waals surface area contributed by atoms with Gasteiger partial charge in [-0.25, -0.2) is 0 Å². The average molecular weight is 309 g/mol. The molecule has 4 nitrogen and oxygen atoms in total. The van der Waals surface area contributed by atoms with Crippen LogP contribution in [-0.4, -0.2) is 24.4 Å². The van der Waals surface area contributed by atoms with Crippen molar-refractivity contribution in [3.63, 3.8) is 0 Å². The third-order valence-corrected chi connectivity index (χ3v) is 4.13. The van der Waals surface area contributed by atoms with Gasteiger partial charge in [-0.3, -0.25) is 9.59 Å². The second kappa shape index (κ2) is 6.94. The van der Waals surface area contributed by atoms with Crippen molar-refractivity contribution in [2.45, 2.75) is 32.7 Å². The number of carbonyl (C=O) groups is 2. The van der Waals surface area contributed by atoms with Gasteiger partial charge >= 0.3 is 0 Å². The summed E-state index contributed by atoms with van der Waals surface area (Å²) >= 11 is 6.09. The Labute approximate surface area is 130 Å². The van der Waals surface area contributed by atoms with Crippen molar-refractivity contribution < 1.29 is 9.59 Å². The number of rotatable bonds is 6. The first-order valence-electron chi connectivity index (χ1n) is 7.28. The summed E-state index contributed by atoms with van der Waals surface area (Å²) < 4.78 is 0. The molecule has 0 heterocycles. The molecule has 1 aliphatic rings. The van der Waals surface area contributed by atoms with Crippen LogP contribution in [0.25, 0.3) is 0 Å². The van der Waals surface area contributed by atoms with Crippen LogP contribution < -0.4 is 10.6 Å². The Balaban J connectivity index is 1.72. The van der Waals surface area contributed by atoms with Crippen LogP contribution in [0, 0.1) is 11.8 Å². The lowest BCUT2D eigenvalue weighted by Gasteiger charge is -2.15. The van der Waals surface area contributed by atoms with Crippen molar-refractivity contribution in [2.24, 2.45) is 11.8 Å². The van der Waals surface area contributed by atoms with E-state index in [2.05, 4.69) is 10.6 Å². The molecule has 2 amide bonds. The maximum absolute atomic E-state index is 11.8. The van der Waals surface area contributed by atoms with Gasteiger partial charge in [-0.05, 0) is 37.3 Å². The van der Waals surface area contributed by atoms with E-state index in [1.54, 1.807) is 0 Å². The molecular weight excluding hydrogens is 288 g/mol. The van der Waals surface area contributed by atoms with Gasteiger partial charge in [0.05, 0.1) is 6.54 Å². The van der Waals surface area contributed by atoms with E-state index in [-0.39, 0.29) is 30.3 Å². The van der Waals surface area contributed by atoms with Crippen LogP contribution in [-0.2, 0) is 16.0 Å². The molecular formula is C16H21ClN2O2. The smallest absolute Gasteiger partial charge is 0.239 e. The number of halogens is 1. The summed E-state index contributed by atoms with van der Waals surface area (Å²) in [5.74, 6) is 0.359. The quantitative estimate of drug-likeness (QED) is 0.846. The minimum atomic E-state index is -0.170. The van der Waals surface area contributed by atoms with E-state index >= 15 is 0 Å². The Morgan fingerprint density at radius 1 is 1.38 bits per heavy atom. The molecule has 3 unspecified atom stereocenters. The fourth-order valence-corrected chi connectivity index (χ4v) is 2.57. The van der Waals surface area contributed by atoms with Crippen LogP contribution >= 0.6 is 11.6 Å². The summed E-state index contributed by atoms with van der Waals surface area (Å²) in [5, 5.41) is 6.25. The molecule has 1 saturated carbocycles. The number of carbonyl (C=O) groups excluding carboxylic acids is 2. The van der Waals surface area contributed by atoms with E-state index in [0.717, 1.165) is 12.0 Å². The summed E-state index contributed by atoms with van der Waals surface area (Å²) in [6, 6.07) is 7.55. The minimum absolute atomic E-state index is 0.0172. The Bertz CT molecular complexity index is 533. The molecule has 0 spiro atoms. The second-order valence-corrected chi connectivity index (χ2v) is 6.21. The van der Waals surface area contributed by atoms with E-state index in [0.29, 0.717) is 17.4 Å². The van der Waals surface area contributed by atoms with Gasteiger partial charge in [-0.1, -0.05) is 36.7 Å². The largest absolute Gasteiger partial charge is 0.352 e. The van der Waals surface area contributed by atoms with Gasteiger partial charge in [0.2, 0.25) is 11.8 Å². The SMILES string of the molecule is CC(Cc1ccccc1Cl)NC(=O)CNC(=O)C1CC1C. The lowest BCUT2D eigenvalue weighted by molar-refractivity contribution is -0.127. The van der Waals surface area contributed by atoms with E-state index in [4.69, 9.17) is 11.6 Å². The summed E-state index contributed by atoms with van der Waals surface area (Å²) in [5.41, 5.74) is 1.00. The molecule has 1 fully saturated rings. The maximum atomic E-state index is 11.8. The van der Waals surface area contributed by atoms with Crippen LogP contribution in [0.15, 0.2) is 24.3 Å². The van der Waals surface area contributed by atoms with E-state index in [1.165, 1.54) is 0 Å². The molecule has 21 heavy (non-hydrogen) atoms. The zero-order valence-electron chi connectivity index (χ0n) is 12.4. The molecule has 0 aromatic heterocycles. The Morgan fingerprint density at radius 3 is 2.67 bits per heavy atom. The highest BCUT2D eigenvalue weighted by Gasteiger charge is 2.38. The number of amides is 2. The predicted octanol–water partition coefficient (Wildman–Crippen LogP) is 2.16. The molecule has 1 aromatic carbocycles. The fourth-order valence-electron chi connectivity index (χ4n) is 2.36. The molecule has 3 atom stereocenters. The van der Waals surface area contributed by atoms with E-state index in [9.17, 15) is 9.59 Å². The number of benzene rings is 1. The third kappa shape index (κ3) is 4.74. The van der Waals surface area contributed by atoms with Gasteiger partial charge in [0.1, 0.15) is 0 Å². The van der Waals surface area contributed by atoms with Crippen LogP contribution in [0.2, 0.25) is 5.02 Å². The molecule has 0 radical (unpaired) electrons. The van der Waals surface area contributed by atoms with Crippen molar-refractivity contribution >= 4 is 23.4 Å². The van der Waals surface area contributed by atoms with Gasteiger partial charge in [-0.2, -0.15) is 0 Å². The molecule has 5 heteroatoms. The number of hydrogen-bond acceptors (Lipinski definition) is 2. The normalized spacial score (nSPS) is 21.5. The summed E-state index contributed by atoms with van der Waals surface area (Å²) in [7, 11) is 0. The summed E-state index contributed by atoms with van der Waals surface area (Å²) in [6.07, 6.45) is 1.59. The topological polar surface area (TPSA) is 58.2 Å². The fraction of sp³-hybridized carbons (Fsp3) is 0.500. The van der Waals surface area contributed by atoms with Gasteiger partial charge in [0.25, 0.3) is 0 Å². The van der Waals surface area contributed by atoms with E-state index < -0.39 is 0 Å². The molecule has 2 N–H and O–H groups in total. The van der Waals surface area contributed by atoms with Crippen LogP contribution in [0.1, 0.15) is 25.8 Å². The molecule has 2 rings (SSSR count). The summed E-state index contributed by atoms with van der Waals surface area (Å²) in [6.45, 7) is 4.00. The lowest BCUT2D eigenvalue weighted by Crippen LogP contribution is -2.42. The van der Waals surface area contributed by atoms with Gasteiger partial charge < -0.3 is 10.6 Å². The van der Waals surface area contributed by atoms with Gasteiger partial charge in [0.15, 0.2) is 0 Å². The molecule has 0 aliphatic heterocycles. The second-order valence-electron chi connectivity index (χ2n) is 5.80. The standard InChI is InChI=1S/C16H21ClN2O2/c1-10-7-13(10)16(21)18-9-15(20)19-11(2)8-12-5-3-4-6-14(12)17/h3-6,10-11,13H,7-9H2,1-2H3,(H,18,21)(H,19,20). The molecule has 0 bridgehead atoms. The lowest BCUT2D eigenvalue weighted by atomic mass is 10.1. The molecule has 1 aromatic rings. The monoisotopic (exact) mass is 308 g/mol. The minimum Gasteiger partial charge on any atom is -0.352 e. The first-order valence-corrected chi connectivity index (χ1v) is 7.65. The molecule has 114 valence electrons. The van der Waals surface area contributed by atoms with Crippen molar-refractivity contribution in [3.8, 4) is 0 Å². The number of nitrogens with one attached hydrogen (secondary N) is 2. The van der Waals surface area contributed by atoms with Crippen LogP contribution in [0.4, 0.5) is 0 Å². The first kappa shape index (κ1) is 15.8. The van der Waals surface area contributed by atoms with Crippen molar-refractivity contribution in [1.29, 1.82) is 0 Å². The van der Waals surface area contributed by atoms with Gasteiger partial charge in [0, 0.05) is 17.0 Å². The van der Waals surface area contributed by atoms with Gasteiger partial charge in [-0.15, -0.1) is 0 Å². The first-order chi connectivity index (χ1) is 9.97. The van der Waals surface area contributed by atoms with Crippen molar-refractivity contribution in [3.05, 3.63) is 34.9 Å². The Morgan fingerprint density at radius 2 is 2.05 bits per heavy atom. The zero-order valence-corrected chi connectivity index (χ0v) is 13.1. The van der Waals surface area contributed by atoms with E-state index in [1.807, 2.05) is 38.1 Å². The summed E-state index contributed by atoms with van der Waals surface area (Å²) in [4.78, 5) is 23.4. The van der Waals surface area contributed by atoms with Crippen LogP contribution in [0.5, 0.6) is 0 Å². The maximum Gasteiger partial charge on any atom is 0.239 e. The molecule has 0 saturated heterocycles. The zero-order chi connectivity index (χ0) is 15.4. The average Bonchev–Trinajstić information content (AvgIpc) is 3.16. The Kier molecular flexibility index (Phi) is 5.23. The highest BCUT2D eigenvalue weighted by molar-refractivity contribution is 6.31. The third-order valence-electron chi connectivity index (χ3n) is 3.76. The predicted molar refractivity (Wildman–Crippen MR) is 83.0 cm³/mol. The van der Waals surface area contributed by atoms with Crippen molar-refractivity contribution in [1.82, 2.24) is 10.6 Å². The Hall–Kier alpha value is -1.55. The highest BCUT2D eigenvalue weighted by Crippen LogP contribution is 2.37. The van der Waals surface area contributed by atoms with Crippen LogP contribution in [0.3, 0.4) is 0 Å². The number of hydrogen-bond donors (Lipinski definition) is 2. The van der Waals surface area contributed by atoms with Crippen molar-refractivity contribution in [2.75, 3.05) is 6.54 Å². The highest BCUT2D eigenvalue weighted by atomic mass is 35.5.